The number of pyridine rings is 1. The number of hydrogen-bond donors (Lipinski definition) is 1. The van der Waals surface area contributed by atoms with Crippen LogP contribution < -0.4 is 10.6 Å². The van der Waals surface area contributed by atoms with E-state index in [2.05, 4.69) is 9.72 Å². The average Bonchev–Trinajstić information content (AvgIpc) is 2.17. The van der Waals surface area contributed by atoms with E-state index in [9.17, 15) is 4.79 Å². The molecule has 5 heteroatoms. The highest BCUT2D eigenvalue weighted by atomic mass is 16.5. The molecule has 0 unspecified atom stereocenters. The normalized spacial score (nSPS) is 9.80. The van der Waals surface area contributed by atoms with Crippen LogP contribution in [0.5, 0.6) is 0 Å². The molecule has 1 aromatic heterocycles. The third kappa shape index (κ3) is 2.83. The van der Waals surface area contributed by atoms with Crippen molar-refractivity contribution in [2.24, 2.45) is 0 Å². The van der Waals surface area contributed by atoms with Gasteiger partial charge < -0.3 is 15.4 Å². The van der Waals surface area contributed by atoms with Gasteiger partial charge in [0.05, 0.1) is 19.0 Å². The minimum absolute atomic E-state index is 0.175. The maximum absolute atomic E-state index is 11.1. The van der Waals surface area contributed by atoms with Crippen LogP contribution in [0, 0.1) is 6.92 Å². The number of ether oxygens (including phenoxy) is 1. The predicted molar refractivity (Wildman–Crippen MR) is 58.7 cm³/mol. The summed E-state index contributed by atoms with van der Waals surface area (Å²) in [6.07, 6.45) is 1.57. The van der Waals surface area contributed by atoms with E-state index < -0.39 is 0 Å². The van der Waals surface area contributed by atoms with E-state index in [1.807, 2.05) is 13.0 Å². The number of nitrogens with zero attached hydrogens (tertiary/aromatic N) is 2. The van der Waals surface area contributed by atoms with E-state index in [4.69, 9.17) is 5.73 Å². The van der Waals surface area contributed by atoms with Crippen LogP contribution in [0.2, 0.25) is 0 Å². The van der Waals surface area contributed by atoms with Gasteiger partial charge in [-0.1, -0.05) is 0 Å². The number of aryl methyl sites for hydroxylation is 1. The molecule has 0 saturated carbocycles. The molecule has 1 rings (SSSR count). The Morgan fingerprint density at radius 1 is 1.67 bits per heavy atom. The molecule has 0 saturated heterocycles. The number of esters is 1. The van der Waals surface area contributed by atoms with Gasteiger partial charge in [0.25, 0.3) is 0 Å². The molecule has 0 aliphatic heterocycles. The van der Waals surface area contributed by atoms with Crippen molar-refractivity contribution in [1.29, 1.82) is 0 Å². The van der Waals surface area contributed by atoms with Crippen LogP contribution in [0.25, 0.3) is 0 Å². The molecule has 1 aromatic rings. The van der Waals surface area contributed by atoms with Crippen molar-refractivity contribution in [2.75, 3.05) is 31.3 Å². The van der Waals surface area contributed by atoms with E-state index in [-0.39, 0.29) is 12.5 Å². The van der Waals surface area contributed by atoms with E-state index >= 15 is 0 Å². The second-order valence-corrected chi connectivity index (χ2v) is 3.34. The maximum Gasteiger partial charge on any atom is 0.325 e. The lowest BCUT2D eigenvalue weighted by molar-refractivity contribution is -0.138. The SMILES string of the molecule is COC(=O)CN(C)c1ncc(N)cc1C. The number of methoxy groups -OCH3 is 1. The van der Waals surface area contributed by atoms with Gasteiger partial charge in [-0.3, -0.25) is 4.79 Å². The van der Waals surface area contributed by atoms with Crippen LogP contribution in [0.15, 0.2) is 12.3 Å². The summed E-state index contributed by atoms with van der Waals surface area (Å²) in [6, 6.07) is 1.82. The van der Waals surface area contributed by atoms with Crippen LogP contribution in [-0.2, 0) is 9.53 Å². The molecule has 0 amide bonds. The lowest BCUT2D eigenvalue weighted by atomic mass is 10.2. The third-order valence-corrected chi connectivity index (χ3v) is 2.03. The predicted octanol–water partition coefficient (Wildman–Crippen LogP) is 0.581. The number of aromatic nitrogens is 1. The Kier molecular flexibility index (Phi) is 3.49. The molecule has 0 spiro atoms. The minimum atomic E-state index is -0.296. The van der Waals surface area contributed by atoms with Crippen molar-refractivity contribution in [1.82, 2.24) is 4.98 Å². The molecule has 0 aliphatic carbocycles. The molecule has 0 bridgehead atoms. The Labute approximate surface area is 88.9 Å². The number of carbonyl (C=O) groups excluding carboxylic acids is 1. The molecule has 0 aliphatic rings. The summed E-state index contributed by atoms with van der Waals surface area (Å²) < 4.78 is 4.57. The number of anilines is 2. The van der Waals surface area contributed by atoms with Crippen molar-refractivity contribution < 1.29 is 9.53 Å². The fourth-order valence-corrected chi connectivity index (χ4v) is 1.32. The molecule has 5 nitrogen and oxygen atoms in total. The van der Waals surface area contributed by atoms with Gasteiger partial charge in [0.2, 0.25) is 0 Å². The lowest BCUT2D eigenvalue weighted by Crippen LogP contribution is -2.27. The Balaban J connectivity index is 2.82. The van der Waals surface area contributed by atoms with Gasteiger partial charge >= 0.3 is 5.97 Å². The highest BCUT2D eigenvalue weighted by Crippen LogP contribution is 2.17. The number of hydrogen-bond acceptors (Lipinski definition) is 5. The summed E-state index contributed by atoms with van der Waals surface area (Å²) in [5.74, 6) is 0.435. The summed E-state index contributed by atoms with van der Waals surface area (Å²) in [5.41, 5.74) is 7.13. The lowest BCUT2D eigenvalue weighted by Gasteiger charge is -2.18. The molecule has 1 heterocycles. The second-order valence-electron chi connectivity index (χ2n) is 3.34. The zero-order chi connectivity index (χ0) is 11.4. The standard InChI is InChI=1S/C10H15N3O2/c1-7-4-8(11)5-12-10(7)13(2)6-9(14)15-3/h4-5H,6,11H2,1-3H3. The van der Waals surface area contributed by atoms with Crippen LogP contribution in [0.4, 0.5) is 11.5 Å². The first-order chi connectivity index (χ1) is 7.04. The van der Waals surface area contributed by atoms with E-state index in [1.54, 1.807) is 18.1 Å². The maximum atomic E-state index is 11.1. The summed E-state index contributed by atoms with van der Waals surface area (Å²) in [5, 5.41) is 0. The minimum Gasteiger partial charge on any atom is -0.468 e. The molecular formula is C10H15N3O2. The Bertz CT molecular complexity index is 366. The topological polar surface area (TPSA) is 68.5 Å². The molecule has 0 aromatic carbocycles. The largest absolute Gasteiger partial charge is 0.468 e. The number of nitrogens with two attached hydrogens (primary N) is 1. The summed E-state index contributed by atoms with van der Waals surface area (Å²) in [4.78, 5) is 16.9. The van der Waals surface area contributed by atoms with Crippen molar-refractivity contribution in [2.45, 2.75) is 6.92 Å². The van der Waals surface area contributed by atoms with E-state index in [1.165, 1.54) is 7.11 Å². The average molecular weight is 209 g/mol. The van der Waals surface area contributed by atoms with Gasteiger partial charge in [0.1, 0.15) is 12.4 Å². The highest BCUT2D eigenvalue weighted by molar-refractivity contribution is 5.75. The van der Waals surface area contributed by atoms with Gasteiger partial charge in [0, 0.05) is 7.05 Å². The van der Waals surface area contributed by atoms with Gasteiger partial charge in [-0.25, -0.2) is 4.98 Å². The molecular weight excluding hydrogens is 194 g/mol. The quantitative estimate of drug-likeness (QED) is 0.737. The fourth-order valence-electron chi connectivity index (χ4n) is 1.32. The van der Waals surface area contributed by atoms with Gasteiger partial charge in [0.15, 0.2) is 0 Å². The van der Waals surface area contributed by atoms with Gasteiger partial charge in [-0.05, 0) is 18.6 Å². The Hall–Kier alpha value is -1.78. The third-order valence-electron chi connectivity index (χ3n) is 2.03. The van der Waals surface area contributed by atoms with Crippen molar-refractivity contribution in [3.63, 3.8) is 0 Å². The number of nitrogen functional groups attached to an aromatic ring is 1. The number of carbonyl (C=O) groups is 1. The van der Waals surface area contributed by atoms with Crippen LogP contribution in [-0.4, -0.2) is 31.7 Å². The van der Waals surface area contributed by atoms with Crippen molar-refractivity contribution in [3.05, 3.63) is 17.8 Å². The van der Waals surface area contributed by atoms with Gasteiger partial charge in [-0.2, -0.15) is 0 Å². The molecule has 2 N–H and O–H groups in total. The van der Waals surface area contributed by atoms with Crippen molar-refractivity contribution in [3.8, 4) is 0 Å². The molecule has 82 valence electrons. The highest BCUT2D eigenvalue weighted by Gasteiger charge is 2.10. The molecule has 0 fully saturated rings. The summed E-state index contributed by atoms with van der Waals surface area (Å²) >= 11 is 0. The first-order valence-corrected chi connectivity index (χ1v) is 4.54. The van der Waals surface area contributed by atoms with Crippen molar-refractivity contribution >= 4 is 17.5 Å². The zero-order valence-electron chi connectivity index (χ0n) is 9.15. The smallest absolute Gasteiger partial charge is 0.325 e. The first-order valence-electron chi connectivity index (χ1n) is 4.54. The second kappa shape index (κ2) is 4.63. The summed E-state index contributed by atoms with van der Waals surface area (Å²) in [6.45, 7) is 2.07. The van der Waals surface area contributed by atoms with E-state index in [0.29, 0.717) is 5.69 Å². The zero-order valence-corrected chi connectivity index (χ0v) is 9.15. The van der Waals surface area contributed by atoms with Crippen LogP contribution in [0.1, 0.15) is 5.56 Å². The molecule has 0 atom stereocenters. The molecule has 15 heavy (non-hydrogen) atoms. The number of likely N-dealkylation sites (N-methyl/N-ethyl adjacent to an activating group) is 1. The van der Waals surface area contributed by atoms with Crippen LogP contribution in [0.3, 0.4) is 0 Å². The Morgan fingerprint density at radius 2 is 2.33 bits per heavy atom. The first kappa shape index (κ1) is 11.3. The van der Waals surface area contributed by atoms with Gasteiger partial charge in [-0.15, -0.1) is 0 Å². The van der Waals surface area contributed by atoms with Crippen LogP contribution >= 0.6 is 0 Å². The van der Waals surface area contributed by atoms with E-state index in [0.717, 1.165) is 11.4 Å². The molecule has 0 radical (unpaired) electrons. The monoisotopic (exact) mass is 209 g/mol. The number of rotatable bonds is 3. The fraction of sp³-hybridized carbons (Fsp3) is 0.400. The Morgan fingerprint density at radius 3 is 2.87 bits per heavy atom. The summed E-state index contributed by atoms with van der Waals surface area (Å²) in [7, 11) is 3.14.